The van der Waals surface area contributed by atoms with Gasteiger partial charge in [-0.1, -0.05) is 12.6 Å². The molecular weight excluding hydrogens is 288 g/mol. The Hall–Kier alpha value is -2.69. The summed E-state index contributed by atoms with van der Waals surface area (Å²) in [6.45, 7) is 5.75. The van der Waals surface area contributed by atoms with Gasteiger partial charge < -0.3 is 9.64 Å². The summed E-state index contributed by atoms with van der Waals surface area (Å²) in [4.78, 5) is 15.3. The number of hydrogen-bond acceptors (Lipinski definition) is 5. The van der Waals surface area contributed by atoms with Gasteiger partial charge in [-0.05, 0) is 22.8 Å². The minimum absolute atomic E-state index is 0.373. The Bertz CT molecular complexity index is 824. The standard InChI is InChI=1S/C18H18N4O/c1-11-4-12-5-13-7-19-17(15-8-20-18(23-3)21-9-15)16(13)6-14(12)10-22(11)2/h5-6,8-9H,1,4,7,10H2,2-3H3. The van der Waals surface area contributed by atoms with Crippen molar-refractivity contribution in [2.75, 3.05) is 14.2 Å². The molecule has 1 aromatic carbocycles. The van der Waals surface area contributed by atoms with Crippen LogP contribution in [0.5, 0.6) is 6.01 Å². The van der Waals surface area contributed by atoms with E-state index >= 15 is 0 Å². The summed E-state index contributed by atoms with van der Waals surface area (Å²) in [5, 5.41) is 0. The number of ether oxygens (including phenoxy) is 1. The van der Waals surface area contributed by atoms with Crippen LogP contribution in [0.25, 0.3) is 0 Å². The molecule has 0 N–H and O–H groups in total. The highest BCUT2D eigenvalue weighted by atomic mass is 16.5. The smallest absolute Gasteiger partial charge is 0.316 e. The summed E-state index contributed by atoms with van der Waals surface area (Å²) in [6.07, 6.45) is 4.46. The van der Waals surface area contributed by atoms with Gasteiger partial charge in [-0.3, -0.25) is 4.99 Å². The molecule has 0 fully saturated rings. The Labute approximate surface area is 135 Å². The van der Waals surface area contributed by atoms with E-state index in [4.69, 9.17) is 9.73 Å². The van der Waals surface area contributed by atoms with Crippen molar-refractivity contribution in [3.8, 4) is 6.01 Å². The monoisotopic (exact) mass is 306 g/mol. The Morgan fingerprint density at radius 3 is 2.65 bits per heavy atom. The number of allylic oxidation sites excluding steroid dienone is 1. The molecule has 0 saturated carbocycles. The van der Waals surface area contributed by atoms with Gasteiger partial charge in [-0.15, -0.1) is 0 Å². The van der Waals surface area contributed by atoms with Gasteiger partial charge in [0.25, 0.3) is 0 Å². The number of nitrogens with zero attached hydrogens (tertiary/aromatic N) is 4. The number of fused-ring (bicyclic) bond motifs is 2. The average molecular weight is 306 g/mol. The fourth-order valence-corrected chi connectivity index (χ4v) is 3.17. The Kier molecular flexibility index (Phi) is 3.15. The second-order valence-corrected chi connectivity index (χ2v) is 6.00. The zero-order valence-electron chi connectivity index (χ0n) is 13.3. The van der Waals surface area contributed by atoms with Crippen LogP contribution in [0.2, 0.25) is 0 Å². The maximum atomic E-state index is 5.02. The Morgan fingerprint density at radius 2 is 1.91 bits per heavy atom. The van der Waals surface area contributed by atoms with Gasteiger partial charge in [0.2, 0.25) is 0 Å². The van der Waals surface area contributed by atoms with Crippen LogP contribution in [-0.4, -0.2) is 34.7 Å². The molecule has 2 aliphatic heterocycles. The minimum Gasteiger partial charge on any atom is -0.467 e. The summed E-state index contributed by atoms with van der Waals surface area (Å²) in [7, 11) is 3.65. The minimum atomic E-state index is 0.373. The van der Waals surface area contributed by atoms with Crippen LogP contribution in [0.4, 0.5) is 0 Å². The topological polar surface area (TPSA) is 50.6 Å². The van der Waals surface area contributed by atoms with E-state index in [0.29, 0.717) is 12.6 Å². The number of methoxy groups -OCH3 is 1. The van der Waals surface area contributed by atoms with Gasteiger partial charge >= 0.3 is 6.01 Å². The molecule has 0 atom stereocenters. The van der Waals surface area contributed by atoms with Gasteiger partial charge in [0, 0.05) is 49.2 Å². The number of likely N-dealkylation sites (N-methyl/N-ethyl adjacent to an activating group) is 1. The van der Waals surface area contributed by atoms with Crippen molar-refractivity contribution in [3.63, 3.8) is 0 Å². The third-order valence-electron chi connectivity index (χ3n) is 4.51. The van der Waals surface area contributed by atoms with Crippen LogP contribution < -0.4 is 4.74 Å². The zero-order valence-corrected chi connectivity index (χ0v) is 13.3. The summed E-state index contributed by atoms with van der Waals surface area (Å²) < 4.78 is 5.02. The number of aromatic nitrogens is 2. The lowest BCUT2D eigenvalue weighted by atomic mass is 9.91. The van der Waals surface area contributed by atoms with Crippen LogP contribution in [0.3, 0.4) is 0 Å². The Morgan fingerprint density at radius 1 is 1.13 bits per heavy atom. The van der Waals surface area contributed by atoms with Crippen molar-refractivity contribution in [2.24, 2.45) is 4.99 Å². The first-order valence-electron chi connectivity index (χ1n) is 7.60. The maximum absolute atomic E-state index is 5.02. The van der Waals surface area contributed by atoms with Gasteiger partial charge in [-0.25, -0.2) is 9.97 Å². The zero-order chi connectivity index (χ0) is 16.0. The van der Waals surface area contributed by atoms with Crippen LogP contribution in [0, 0.1) is 0 Å². The van der Waals surface area contributed by atoms with E-state index in [2.05, 4.69) is 40.6 Å². The van der Waals surface area contributed by atoms with Crippen LogP contribution in [0.1, 0.15) is 27.8 Å². The quantitative estimate of drug-likeness (QED) is 0.854. The predicted molar refractivity (Wildman–Crippen MR) is 88.7 cm³/mol. The van der Waals surface area contributed by atoms with Crippen molar-refractivity contribution < 1.29 is 4.74 Å². The van der Waals surface area contributed by atoms with Gasteiger partial charge in [0.05, 0.1) is 19.4 Å². The fourth-order valence-electron chi connectivity index (χ4n) is 3.17. The molecule has 0 aliphatic carbocycles. The van der Waals surface area contributed by atoms with E-state index in [0.717, 1.165) is 24.2 Å². The van der Waals surface area contributed by atoms with Crippen LogP contribution in [-0.2, 0) is 19.5 Å². The fraction of sp³-hybridized carbons (Fsp3) is 0.278. The van der Waals surface area contributed by atoms with Gasteiger partial charge in [0.15, 0.2) is 0 Å². The molecule has 23 heavy (non-hydrogen) atoms. The largest absolute Gasteiger partial charge is 0.467 e. The first-order chi connectivity index (χ1) is 11.2. The molecule has 1 aromatic heterocycles. The summed E-state index contributed by atoms with van der Waals surface area (Å²) >= 11 is 0. The summed E-state index contributed by atoms with van der Waals surface area (Å²) in [5.74, 6) is 0. The van der Waals surface area contributed by atoms with E-state index in [9.17, 15) is 0 Å². The highest BCUT2D eigenvalue weighted by Crippen LogP contribution is 2.31. The molecule has 5 heteroatoms. The molecule has 2 aromatic rings. The lowest BCUT2D eigenvalue weighted by Crippen LogP contribution is -2.24. The van der Waals surface area contributed by atoms with E-state index in [-0.39, 0.29) is 0 Å². The van der Waals surface area contributed by atoms with Gasteiger partial charge in [-0.2, -0.15) is 0 Å². The number of hydrogen-bond donors (Lipinski definition) is 0. The number of rotatable bonds is 2. The number of benzene rings is 1. The molecule has 3 heterocycles. The SMILES string of the molecule is C=C1Cc2cc3c(cc2CN1C)C(c1cnc(OC)nc1)=NC3. The normalized spacial score (nSPS) is 16.0. The summed E-state index contributed by atoms with van der Waals surface area (Å²) in [6, 6.07) is 4.92. The molecule has 0 bridgehead atoms. The van der Waals surface area contributed by atoms with E-state index < -0.39 is 0 Å². The average Bonchev–Trinajstić information content (AvgIpc) is 2.97. The van der Waals surface area contributed by atoms with E-state index in [1.165, 1.54) is 28.0 Å². The molecule has 0 saturated heterocycles. The highest BCUT2D eigenvalue weighted by Gasteiger charge is 2.23. The summed E-state index contributed by atoms with van der Waals surface area (Å²) in [5.41, 5.74) is 8.25. The van der Waals surface area contributed by atoms with Crippen molar-refractivity contribution in [3.05, 3.63) is 64.6 Å². The van der Waals surface area contributed by atoms with E-state index in [1.807, 2.05) is 0 Å². The first-order valence-corrected chi connectivity index (χ1v) is 7.60. The van der Waals surface area contributed by atoms with Crippen LogP contribution in [0.15, 0.2) is 41.8 Å². The highest BCUT2D eigenvalue weighted by molar-refractivity contribution is 6.15. The number of aliphatic imine (C=N–C) groups is 1. The van der Waals surface area contributed by atoms with Crippen molar-refractivity contribution in [2.45, 2.75) is 19.5 Å². The second-order valence-electron chi connectivity index (χ2n) is 6.00. The molecule has 5 nitrogen and oxygen atoms in total. The second kappa shape index (κ2) is 5.19. The third-order valence-corrected chi connectivity index (χ3v) is 4.51. The van der Waals surface area contributed by atoms with E-state index in [1.54, 1.807) is 19.5 Å². The van der Waals surface area contributed by atoms with Crippen molar-refractivity contribution >= 4 is 5.71 Å². The molecule has 0 amide bonds. The molecule has 4 rings (SSSR count). The van der Waals surface area contributed by atoms with Gasteiger partial charge in [0.1, 0.15) is 0 Å². The Balaban J connectivity index is 1.73. The van der Waals surface area contributed by atoms with Crippen LogP contribution >= 0.6 is 0 Å². The molecular formula is C18H18N4O. The predicted octanol–water partition coefficient (Wildman–Crippen LogP) is 2.34. The van der Waals surface area contributed by atoms with Crippen molar-refractivity contribution in [1.82, 2.24) is 14.9 Å². The molecule has 0 spiro atoms. The lowest BCUT2D eigenvalue weighted by Gasteiger charge is -2.29. The third kappa shape index (κ3) is 2.29. The maximum Gasteiger partial charge on any atom is 0.316 e. The molecule has 0 unspecified atom stereocenters. The first kappa shape index (κ1) is 13.9. The molecule has 2 aliphatic rings. The lowest BCUT2D eigenvalue weighted by molar-refractivity contribution is 0.379. The molecule has 116 valence electrons. The van der Waals surface area contributed by atoms with Crippen molar-refractivity contribution in [1.29, 1.82) is 0 Å². The molecule has 0 radical (unpaired) electrons.